The molecule has 0 aromatic carbocycles. The molecule has 0 aromatic heterocycles. The van der Waals surface area contributed by atoms with Crippen LogP contribution in [0.5, 0.6) is 0 Å². The zero-order valence-electron chi connectivity index (χ0n) is 14.0. The first-order valence-electron chi connectivity index (χ1n) is 7.10. The van der Waals surface area contributed by atoms with E-state index in [4.69, 9.17) is 0 Å². The van der Waals surface area contributed by atoms with Crippen LogP contribution >= 0.6 is 23.5 Å². The average molecular weight is 317 g/mol. The maximum absolute atomic E-state index is 12.2. The average Bonchev–Trinajstić information content (AvgIpc) is 2.30. The number of carbonyl (C=O) groups is 2. The number of hydrogen-bond donors (Lipinski definition) is 0. The fraction of sp³-hybridized carbons (Fsp3) is 0.750. The minimum Gasteiger partial charge on any atom is -0.286 e. The van der Waals surface area contributed by atoms with Crippen molar-refractivity contribution in [3.63, 3.8) is 0 Å². The van der Waals surface area contributed by atoms with E-state index >= 15 is 0 Å². The topological polar surface area (TPSA) is 34.1 Å². The highest BCUT2D eigenvalue weighted by Gasteiger charge is 2.26. The van der Waals surface area contributed by atoms with Crippen molar-refractivity contribution in [3.05, 3.63) is 9.81 Å². The SMILES string of the molecule is CC/C(SC(=O)C(C)(C)C)=C(\CC)SC(=O)C(C)(C)C. The van der Waals surface area contributed by atoms with Crippen LogP contribution in [0.3, 0.4) is 0 Å². The van der Waals surface area contributed by atoms with E-state index in [2.05, 4.69) is 0 Å². The molecule has 4 heteroatoms. The first kappa shape index (κ1) is 19.8. The number of allylic oxidation sites excluding steroid dienone is 2. The number of hydrogen-bond acceptors (Lipinski definition) is 4. The molecule has 0 bridgehead atoms. The fourth-order valence-corrected chi connectivity index (χ4v) is 3.30. The molecule has 0 aliphatic carbocycles. The third kappa shape index (κ3) is 6.49. The van der Waals surface area contributed by atoms with Gasteiger partial charge in [0.2, 0.25) is 0 Å². The maximum atomic E-state index is 12.2. The number of thioether (sulfide) groups is 2. The van der Waals surface area contributed by atoms with E-state index in [0.717, 1.165) is 22.7 Å². The molecule has 0 spiro atoms. The second-order valence-electron chi connectivity index (χ2n) is 6.83. The predicted octanol–water partition coefficient (Wildman–Crippen LogP) is 5.63. The molecule has 2 nitrogen and oxygen atoms in total. The van der Waals surface area contributed by atoms with Crippen LogP contribution in [0.1, 0.15) is 68.2 Å². The summed E-state index contributed by atoms with van der Waals surface area (Å²) >= 11 is 2.61. The van der Waals surface area contributed by atoms with Crippen molar-refractivity contribution in [2.75, 3.05) is 0 Å². The third-order valence-electron chi connectivity index (χ3n) is 2.61. The molecular formula is C16H28O2S2. The third-order valence-corrected chi connectivity index (χ3v) is 5.90. The molecule has 0 rings (SSSR count). The van der Waals surface area contributed by atoms with Gasteiger partial charge in [-0.25, -0.2) is 0 Å². The van der Waals surface area contributed by atoms with Gasteiger partial charge in [0.1, 0.15) is 0 Å². The molecule has 0 saturated heterocycles. The zero-order valence-corrected chi connectivity index (χ0v) is 15.7. The quantitative estimate of drug-likeness (QED) is 0.673. The summed E-state index contributed by atoms with van der Waals surface area (Å²) in [6, 6.07) is 0. The van der Waals surface area contributed by atoms with Gasteiger partial charge in [-0.3, -0.25) is 9.59 Å². The van der Waals surface area contributed by atoms with Crippen molar-refractivity contribution in [2.24, 2.45) is 10.8 Å². The van der Waals surface area contributed by atoms with E-state index in [1.165, 1.54) is 23.5 Å². The van der Waals surface area contributed by atoms with Crippen LogP contribution in [0.15, 0.2) is 9.81 Å². The Morgan fingerprint density at radius 1 is 0.700 bits per heavy atom. The molecule has 116 valence electrons. The smallest absolute Gasteiger partial charge is 0.198 e. The summed E-state index contributed by atoms with van der Waals surface area (Å²) in [5.74, 6) is 0. The molecule has 0 unspecified atom stereocenters. The molecule has 0 saturated carbocycles. The van der Waals surface area contributed by atoms with Crippen molar-refractivity contribution in [2.45, 2.75) is 68.2 Å². The van der Waals surface area contributed by atoms with Crippen LogP contribution in [-0.2, 0) is 9.59 Å². The van der Waals surface area contributed by atoms with E-state index in [1.54, 1.807) is 0 Å². The Kier molecular flexibility index (Phi) is 7.61. The zero-order chi connectivity index (χ0) is 16.1. The van der Waals surface area contributed by atoms with E-state index < -0.39 is 0 Å². The van der Waals surface area contributed by atoms with E-state index in [9.17, 15) is 9.59 Å². The van der Waals surface area contributed by atoms with Gasteiger partial charge in [-0.1, -0.05) is 78.9 Å². The van der Waals surface area contributed by atoms with Crippen molar-refractivity contribution < 1.29 is 9.59 Å². The lowest BCUT2D eigenvalue weighted by molar-refractivity contribution is -0.118. The van der Waals surface area contributed by atoms with Gasteiger partial charge in [-0.15, -0.1) is 0 Å². The Balaban J connectivity index is 5.19. The Labute approximate surface area is 132 Å². The van der Waals surface area contributed by atoms with Crippen molar-refractivity contribution >= 4 is 33.8 Å². The Morgan fingerprint density at radius 3 is 1.10 bits per heavy atom. The van der Waals surface area contributed by atoms with Crippen molar-refractivity contribution in [1.82, 2.24) is 0 Å². The van der Waals surface area contributed by atoms with Crippen LogP contribution < -0.4 is 0 Å². The number of rotatable bonds is 4. The summed E-state index contributed by atoms with van der Waals surface area (Å²) in [4.78, 5) is 26.4. The van der Waals surface area contributed by atoms with Gasteiger partial charge in [-0.05, 0) is 12.8 Å². The second kappa shape index (κ2) is 7.69. The highest BCUT2D eigenvalue weighted by molar-refractivity contribution is 8.20. The highest BCUT2D eigenvalue weighted by Crippen LogP contribution is 2.39. The van der Waals surface area contributed by atoms with Gasteiger partial charge in [0.05, 0.1) is 0 Å². The van der Waals surface area contributed by atoms with E-state index in [0.29, 0.717) is 0 Å². The molecule has 0 aliphatic rings. The molecule has 0 N–H and O–H groups in total. The fourth-order valence-electron chi connectivity index (χ4n) is 1.18. The molecule has 0 heterocycles. The van der Waals surface area contributed by atoms with Gasteiger partial charge < -0.3 is 0 Å². The largest absolute Gasteiger partial charge is 0.286 e. The van der Waals surface area contributed by atoms with Gasteiger partial charge in [-0.2, -0.15) is 0 Å². The first-order valence-corrected chi connectivity index (χ1v) is 8.73. The minimum absolute atomic E-state index is 0.157. The summed E-state index contributed by atoms with van der Waals surface area (Å²) < 4.78 is 0. The molecule has 0 radical (unpaired) electrons. The molecule has 0 amide bonds. The summed E-state index contributed by atoms with van der Waals surface area (Å²) in [5, 5.41) is 0.313. The van der Waals surface area contributed by atoms with Crippen LogP contribution in [-0.4, -0.2) is 10.2 Å². The minimum atomic E-state index is -0.358. The van der Waals surface area contributed by atoms with Gasteiger partial charge >= 0.3 is 0 Å². The Hall–Kier alpha value is -0.220. The van der Waals surface area contributed by atoms with E-state index in [1.807, 2.05) is 55.4 Å². The Morgan fingerprint density at radius 2 is 0.950 bits per heavy atom. The van der Waals surface area contributed by atoms with Crippen LogP contribution in [0.2, 0.25) is 0 Å². The van der Waals surface area contributed by atoms with Crippen LogP contribution in [0.4, 0.5) is 0 Å². The predicted molar refractivity (Wildman–Crippen MR) is 91.7 cm³/mol. The van der Waals surface area contributed by atoms with Crippen LogP contribution in [0, 0.1) is 10.8 Å². The maximum Gasteiger partial charge on any atom is 0.198 e. The molecule has 20 heavy (non-hydrogen) atoms. The molecule has 0 aromatic rings. The van der Waals surface area contributed by atoms with Gasteiger partial charge in [0.15, 0.2) is 10.2 Å². The van der Waals surface area contributed by atoms with E-state index in [-0.39, 0.29) is 21.1 Å². The molecule has 0 aliphatic heterocycles. The van der Waals surface area contributed by atoms with Gasteiger partial charge in [0.25, 0.3) is 0 Å². The monoisotopic (exact) mass is 316 g/mol. The van der Waals surface area contributed by atoms with Crippen molar-refractivity contribution in [3.8, 4) is 0 Å². The standard InChI is InChI=1S/C16H28O2S2/c1-9-11(19-13(17)15(3,4)5)12(10-2)20-14(18)16(6,7)8/h9-10H2,1-8H3/b12-11-. The summed E-state index contributed by atoms with van der Waals surface area (Å²) in [6.07, 6.45) is 1.58. The van der Waals surface area contributed by atoms with Crippen molar-refractivity contribution in [1.29, 1.82) is 0 Å². The molecular weight excluding hydrogens is 288 g/mol. The first-order chi connectivity index (χ1) is 8.93. The highest BCUT2D eigenvalue weighted by atomic mass is 32.2. The summed E-state index contributed by atoms with van der Waals surface area (Å²) in [6.45, 7) is 15.6. The Bertz CT molecular complexity index is 358. The summed E-state index contributed by atoms with van der Waals surface area (Å²) in [5.41, 5.74) is -0.717. The van der Waals surface area contributed by atoms with Gasteiger partial charge in [0, 0.05) is 20.6 Å². The van der Waals surface area contributed by atoms with Crippen LogP contribution in [0.25, 0.3) is 0 Å². The molecule has 0 fully saturated rings. The number of carbonyl (C=O) groups excluding carboxylic acids is 2. The second-order valence-corrected chi connectivity index (χ2v) is 8.97. The lowest BCUT2D eigenvalue weighted by Gasteiger charge is -2.20. The molecule has 0 atom stereocenters. The lowest BCUT2D eigenvalue weighted by atomic mass is 9.99. The normalized spacial score (nSPS) is 14.0. The summed E-state index contributed by atoms with van der Waals surface area (Å²) in [7, 11) is 0. The lowest BCUT2D eigenvalue weighted by Crippen LogP contribution is -2.18.